The molecule has 1 radical (unpaired) electrons. The van der Waals surface area contributed by atoms with Crippen molar-refractivity contribution in [2.24, 2.45) is 0 Å². The third kappa shape index (κ3) is 6.56. The molecular formula is C30H18IrN4-2. The van der Waals surface area contributed by atoms with Gasteiger partial charge in [0.05, 0.1) is 0 Å². The smallest absolute Gasteiger partial charge is 0.253 e. The van der Waals surface area contributed by atoms with E-state index in [1.54, 1.807) is 24.5 Å². The van der Waals surface area contributed by atoms with Crippen LogP contribution in [0.3, 0.4) is 0 Å². The number of nitrogens with zero attached hydrogens (tertiary/aromatic N) is 4. The molecule has 0 saturated heterocycles. The molecule has 0 fully saturated rings. The molecule has 169 valence electrons. The molecule has 0 aliphatic rings. The van der Waals surface area contributed by atoms with Gasteiger partial charge in [0.25, 0.3) is 5.69 Å². The van der Waals surface area contributed by atoms with E-state index in [-0.39, 0.29) is 20.1 Å². The summed E-state index contributed by atoms with van der Waals surface area (Å²) in [5.74, 6) is 0. The largest absolute Gasteiger partial charge is 0.305 e. The zero-order valence-electron chi connectivity index (χ0n) is 18.5. The monoisotopic (exact) mass is 627 g/mol. The van der Waals surface area contributed by atoms with Crippen molar-refractivity contribution >= 4 is 5.69 Å². The summed E-state index contributed by atoms with van der Waals surface area (Å²) in [7, 11) is 0. The number of aromatic nitrogens is 2. The van der Waals surface area contributed by atoms with Gasteiger partial charge in [-0.15, -0.1) is 42.0 Å². The number of hydrogen-bond acceptors (Lipinski definition) is 3. The van der Waals surface area contributed by atoms with Crippen LogP contribution in [0.2, 0.25) is 0 Å². The van der Waals surface area contributed by atoms with Gasteiger partial charge in [-0.25, -0.2) is 5.26 Å². The summed E-state index contributed by atoms with van der Waals surface area (Å²) < 4.78 is 0. The molecule has 0 bridgehead atoms. The Balaban J connectivity index is 0.000000223. The van der Waals surface area contributed by atoms with Gasteiger partial charge in [-0.2, -0.15) is 4.85 Å². The first kappa shape index (κ1) is 25.2. The summed E-state index contributed by atoms with van der Waals surface area (Å²) in [6.45, 7) is 7.23. The van der Waals surface area contributed by atoms with Gasteiger partial charge in [-0.3, -0.25) is 4.98 Å². The van der Waals surface area contributed by atoms with Crippen molar-refractivity contribution in [2.45, 2.75) is 0 Å². The van der Waals surface area contributed by atoms with Crippen LogP contribution in [0, 0.1) is 30.0 Å². The standard InChI is InChI=1S/C19H10N3.C11H8N.Ir/c1-21-18-9-7-14(12-20)11-17(18)19-10-8-16(13-22-19)15-5-3-2-4-6-15;1-2-6-10(7-3-1)11-8-4-5-9-12-11;/h2-10,13H;1-6,8-9H;/q2*-1;. The van der Waals surface area contributed by atoms with Gasteiger partial charge in [-0.05, 0) is 40.6 Å². The maximum absolute atomic E-state index is 8.99. The van der Waals surface area contributed by atoms with Crippen molar-refractivity contribution in [2.75, 3.05) is 0 Å². The molecule has 0 aliphatic heterocycles. The Labute approximate surface area is 218 Å². The third-order valence-corrected chi connectivity index (χ3v) is 4.94. The van der Waals surface area contributed by atoms with Crippen LogP contribution in [-0.4, -0.2) is 9.97 Å². The molecule has 0 spiro atoms. The van der Waals surface area contributed by atoms with E-state index in [9.17, 15) is 0 Å². The van der Waals surface area contributed by atoms with E-state index < -0.39 is 0 Å². The predicted octanol–water partition coefficient (Wildman–Crippen LogP) is 7.18. The fourth-order valence-electron chi connectivity index (χ4n) is 3.26. The Morgan fingerprint density at radius 2 is 1.57 bits per heavy atom. The molecular weight excluding hydrogens is 609 g/mol. The van der Waals surface area contributed by atoms with E-state index in [1.807, 2.05) is 91.0 Å². The van der Waals surface area contributed by atoms with E-state index in [0.717, 1.165) is 22.4 Å². The molecule has 5 rings (SSSR count). The fourth-order valence-corrected chi connectivity index (χ4v) is 3.26. The zero-order valence-corrected chi connectivity index (χ0v) is 20.9. The molecule has 0 atom stereocenters. The van der Waals surface area contributed by atoms with E-state index >= 15 is 0 Å². The number of hydrogen-bond donors (Lipinski definition) is 0. The van der Waals surface area contributed by atoms with Gasteiger partial charge < -0.3 is 4.98 Å². The second kappa shape index (κ2) is 12.7. The molecule has 5 heteroatoms. The fraction of sp³-hybridized carbons (Fsp3) is 0. The second-order valence-electron chi connectivity index (χ2n) is 7.15. The molecule has 0 amide bonds. The van der Waals surface area contributed by atoms with Gasteiger partial charge in [-0.1, -0.05) is 66.2 Å². The van der Waals surface area contributed by atoms with Crippen LogP contribution in [0.4, 0.5) is 5.69 Å². The van der Waals surface area contributed by atoms with E-state index in [1.165, 1.54) is 0 Å². The SMILES string of the molecule is [C-]#[N+]c1ccc(C#N)[c-]c1-c1ccc(-c2ccccc2)cn1.[Ir].[c-]1ccccc1-c1ccccn1. The van der Waals surface area contributed by atoms with E-state index in [0.29, 0.717) is 22.5 Å². The topological polar surface area (TPSA) is 53.9 Å². The average Bonchev–Trinajstić information content (AvgIpc) is 2.94. The van der Waals surface area contributed by atoms with Gasteiger partial charge in [0, 0.05) is 38.2 Å². The normalized spacial score (nSPS) is 9.43. The van der Waals surface area contributed by atoms with Crippen molar-refractivity contribution < 1.29 is 20.1 Å². The van der Waals surface area contributed by atoms with Crippen molar-refractivity contribution in [3.8, 4) is 39.7 Å². The maximum atomic E-state index is 8.99. The Morgan fingerprint density at radius 1 is 0.771 bits per heavy atom. The molecule has 0 saturated carbocycles. The van der Waals surface area contributed by atoms with Crippen LogP contribution in [0.1, 0.15) is 5.56 Å². The Bertz CT molecular complexity index is 1400. The molecule has 5 aromatic rings. The van der Waals surface area contributed by atoms with Crippen molar-refractivity contribution in [3.05, 3.63) is 139 Å². The zero-order chi connectivity index (χ0) is 23.6. The molecule has 0 aliphatic carbocycles. The van der Waals surface area contributed by atoms with Crippen LogP contribution in [-0.2, 0) is 20.1 Å². The summed E-state index contributed by atoms with van der Waals surface area (Å²) in [5, 5.41) is 8.99. The number of rotatable bonds is 3. The molecule has 35 heavy (non-hydrogen) atoms. The summed E-state index contributed by atoms with van der Waals surface area (Å²) in [6, 6.07) is 38.8. The van der Waals surface area contributed by atoms with Gasteiger partial charge in [0.1, 0.15) is 6.57 Å². The summed E-state index contributed by atoms with van der Waals surface area (Å²) in [6.07, 6.45) is 3.56. The third-order valence-electron chi connectivity index (χ3n) is 4.94. The van der Waals surface area contributed by atoms with Crippen molar-refractivity contribution in [3.63, 3.8) is 0 Å². The molecule has 2 aromatic heterocycles. The van der Waals surface area contributed by atoms with Gasteiger partial charge in [0.15, 0.2) is 0 Å². The van der Waals surface area contributed by atoms with Crippen LogP contribution in [0.5, 0.6) is 0 Å². The van der Waals surface area contributed by atoms with Crippen LogP contribution in [0.25, 0.3) is 38.5 Å². The summed E-state index contributed by atoms with van der Waals surface area (Å²) in [5.41, 5.74) is 6.15. The first-order chi connectivity index (χ1) is 16.8. The Hall–Kier alpha value is -4.41. The number of pyridine rings is 2. The van der Waals surface area contributed by atoms with Crippen LogP contribution >= 0.6 is 0 Å². The minimum Gasteiger partial charge on any atom is -0.305 e. The van der Waals surface area contributed by atoms with Gasteiger partial charge in [0.2, 0.25) is 0 Å². The van der Waals surface area contributed by atoms with Crippen LogP contribution in [0.15, 0.2) is 109 Å². The number of nitriles is 1. The van der Waals surface area contributed by atoms with Crippen molar-refractivity contribution in [1.82, 2.24) is 9.97 Å². The minimum atomic E-state index is 0. The molecule has 0 N–H and O–H groups in total. The maximum Gasteiger partial charge on any atom is 0.253 e. The molecule has 2 heterocycles. The quantitative estimate of drug-likeness (QED) is 0.199. The van der Waals surface area contributed by atoms with Gasteiger partial charge >= 0.3 is 0 Å². The average molecular weight is 627 g/mol. The number of benzene rings is 3. The molecule has 3 aromatic carbocycles. The Kier molecular flexibility index (Phi) is 9.17. The predicted molar refractivity (Wildman–Crippen MR) is 133 cm³/mol. The molecule has 0 unspecified atom stereocenters. The van der Waals surface area contributed by atoms with Crippen LogP contribution < -0.4 is 0 Å². The second-order valence-corrected chi connectivity index (χ2v) is 7.15. The first-order valence-corrected chi connectivity index (χ1v) is 10.5. The summed E-state index contributed by atoms with van der Waals surface area (Å²) in [4.78, 5) is 12.1. The minimum absolute atomic E-state index is 0. The molecule has 4 nitrogen and oxygen atoms in total. The Morgan fingerprint density at radius 3 is 2.20 bits per heavy atom. The summed E-state index contributed by atoms with van der Waals surface area (Å²) >= 11 is 0. The first-order valence-electron chi connectivity index (χ1n) is 10.5. The van der Waals surface area contributed by atoms with Crippen molar-refractivity contribution in [1.29, 1.82) is 5.26 Å². The van der Waals surface area contributed by atoms with E-state index in [2.05, 4.69) is 26.9 Å². The van der Waals surface area contributed by atoms with E-state index in [4.69, 9.17) is 11.8 Å².